The number of aromatic amines is 1. The zero-order valence-corrected chi connectivity index (χ0v) is 14.7. The van der Waals surface area contributed by atoms with Crippen LogP contribution < -0.4 is 5.32 Å². The number of esters is 1. The smallest absolute Gasteiger partial charge is 0.310 e. The minimum Gasteiger partial charge on any atom is -0.457 e. The number of carbonyl (C=O) groups is 3. The van der Waals surface area contributed by atoms with Gasteiger partial charge in [0.25, 0.3) is 0 Å². The highest BCUT2D eigenvalue weighted by molar-refractivity contribution is 6.05. The predicted molar refractivity (Wildman–Crippen MR) is 101 cm³/mol. The van der Waals surface area contributed by atoms with Gasteiger partial charge in [0, 0.05) is 28.4 Å². The lowest BCUT2D eigenvalue weighted by Gasteiger charge is -2.07. The number of carbonyl (C=O) groups excluding carboxylic acids is 3. The summed E-state index contributed by atoms with van der Waals surface area (Å²) in [6.07, 6.45) is 1.87. The molecule has 0 bridgehead atoms. The average Bonchev–Trinajstić information content (AvgIpc) is 3.21. The van der Waals surface area contributed by atoms with Gasteiger partial charge in [0.2, 0.25) is 5.91 Å². The van der Waals surface area contributed by atoms with Crippen LogP contribution in [0.4, 0.5) is 5.69 Å². The van der Waals surface area contributed by atoms with E-state index in [1.165, 1.54) is 0 Å². The molecular weight excluding hydrogens is 344 g/mol. The van der Waals surface area contributed by atoms with Crippen molar-refractivity contribution in [3.05, 3.63) is 65.4 Å². The Labute approximate surface area is 155 Å². The molecule has 4 rings (SSSR count). The lowest BCUT2D eigenvalue weighted by atomic mass is 9.99. The Bertz CT molecular complexity index is 1070. The van der Waals surface area contributed by atoms with Gasteiger partial charge in [0.05, 0.1) is 12.3 Å². The van der Waals surface area contributed by atoms with Gasteiger partial charge in [-0.1, -0.05) is 18.2 Å². The number of hydrogen-bond donors (Lipinski definition) is 2. The normalized spacial score (nSPS) is 15.4. The number of ether oxygens (including phenoxy) is 1. The van der Waals surface area contributed by atoms with Gasteiger partial charge in [-0.05, 0) is 42.3 Å². The van der Waals surface area contributed by atoms with E-state index in [0.717, 1.165) is 27.7 Å². The van der Waals surface area contributed by atoms with Gasteiger partial charge in [-0.3, -0.25) is 14.4 Å². The van der Waals surface area contributed by atoms with E-state index in [0.29, 0.717) is 5.56 Å². The molecule has 1 atom stereocenters. The van der Waals surface area contributed by atoms with E-state index in [2.05, 4.69) is 10.3 Å². The van der Waals surface area contributed by atoms with Crippen LogP contribution in [-0.2, 0) is 20.7 Å². The first-order chi connectivity index (χ1) is 13.0. The summed E-state index contributed by atoms with van der Waals surface area (Å²) >= 11 is 0. The molecule has 6 heteroatoms. The summed E-state index contributed by atoms with van der Waals surface area (Å²) in [5.41, 5.74) is 3.72. The van der Waals surface area contributed by atoms with Crippen molar-refractivity contribution in [2.24, 2.45) is 0 Å². The largest absolute Gasteiger partial charge is 0.457 e. The number of ketones is 1. The van der Waals surface area contributed by atoms with Crippen molar-refractivity contribution >= 4 is 34.3 Å². The third-order valence-corrected chi connectivity index (χ3v) is 4.87. The monoisotopic (exact) mass is 362 g/mol. The summed E-state index contributed by atoms with van der Waals surface area (Å²) in [7, 11) is 0. The Morgan fingerprint density at radius 2 is 1.96 bits per heavy atom. The summed E-state index contributed by atoms with van der Waals surface area (Å²) in [5, 5.41) is 3.73. The molecule has 1 aromatic heterocycles. The first-order valence-corrected chi connectivity index (χ1v) is 8.71. The number of benzene rings is 2. The summed E-state index contributed by atoms with van der Waals surface area (Å²) in [4.78, 5) is 39.3. The summed E-state index contributed by atoms with van der Waals surface area (Å²) < 4.78 is 5.16. The quantitative estimate of drug-likeness (QED) is 0.539. The van der Waals surface area contributed by atoms with Gasteiger partial charge in [-0.25, -0.2) is 0 Å². The second-order valence-electron chi connectivity index (χ2n) is 6.63. The van der Waals surface area contributed by atoms with Crippen molar-refractivity contribution in [1.29, 1.82) is 0 Å². The van der Waals surface area contributed by atoms with Crippen molar-refractivity contribution in [3.63, 3.8) is 0 Å². The van der Waals surface area contributed by atoms with E-state index in [1.54, 1.807) is 31.3 Å². The molecule has 0 spiro atoms. The second-order valence-corrected chi connectivity index (χ2v) is 6.63. The average molecular weight is 362 g/mol. The summed E-state index contributed by atoms with van der Waals surface area (Å²) in [5.74, 6) is -1.13. The number of rotatable bonds is 5. The van der Waals surface area contributed by atoms with Crippen molar-refractivity contribution in [3.8, 4) is 0 Å². The SMILES string of the molecule is C[C@@H]1C(=O)Nc2ccc(C(=O)COC(=O)Cc3c[nH]c4ccccc34)cc21. The van der Waals surface area contributed by atoms with E-state index >= 15 is 0 Å². The molecule has 1 aliphatic heterocycles. The zero-order valence-electron chi connectivity index (χ0n) is 14.7. The van der Waals surface area contributed by atoms with Gasteiger partial charge >= 0.3 is 5.97 Å². The lowest BCUT2D eigenvalue weighted by Crippen LogP contribution is -2.15. The van der Waals surface area contributed by atoms with Gasteiger partial charge in [0.1, 0.15) is 0 Å². The Kier molecular flexibility index (Phi) is 4.24. The highest BCUT2D eigenvalue weighted by Crippen LogP contribution is 2.32. The van der Waals surface area contributed by atoms with E-state index in [9.17, 15) is 14.4 Å². The number of Topliss-reactive ketones (excluding diaryl/α,β-unsaturated/α-hetero) is 1. The number of H-pyrrole nitrogens is 1. The molecule has 0 radical (unpaired) electrons. The van der Waals surface area contributed by atoms with Crippen LogP contribution >= 0.6 is 0 Å². The molecule has 3 aromatic rings. The van der Waals surface area contributed by atoms with Crippen molar-refractivity contribution in [2.45, 2.75) is 19.3 Å². The van der Waals surface area contributed by atoms with E-state index in [4.69, 9.17) is 4.74 Å². The summed E-state index contributed by atoms with van der Waals surface area (Å²) in [6.45, 7) is 1.46. The fraction of sp³-hybridized carbons (Fsp3) is 0.190. The van der Waals surface area contributed by atoms with Crippen LogP contribution in [0.5, 0.6) is 0 Å². The molecular formula is C21H18N2O4. The van der Waals surface area contributed by atoms with Crippen LogP contribution in [0.15, 0.2) is 48.7 Å². The Morgan fingerprint density at radius 1 is 1.15 bits per heavy atom. The maximum absolute atomic E-state index is 12.4. The zero-order chi connectivity index (χ0) is 19.0. The van der Waals surface area contributed by atoms with Gasteiger partial charge in [-0.2, -0.15) is 0 Å². The number of anilines is 1. The minimum absolute atomic E-state index is 0.0836. The fourth-order valence-corrected chi connectivity index (χ4v) is 3.30. The number of hydrogen-bond acceptors (Lipinski definition) is 4. The topological polar surface area (TPSA) is 88.3 Å². The molecule has 0 saturated carbocycles. The Hall–Kier alpha value is -3.41. The molecule has 0 fully saturated rings. The molecule has 27 heavy (non-hydrogen) atoms. The van der Waals surface area contributed by atoms with Crippen LogP contribution in [0.3, 0.4) is 0 Å². The number of aromatic nitrogens is 1. The number of para-hydroxylation sites is 1. The lowest BCUT2D eigenvalue weighted by molar-refractivity contribution is -0.141. The first kappa shape index (κ1) is 17.0. The van der Waals surface area contributed by atoms with Crippen molar-refractivity contribution in [1.82, 2.24) is 4.98 Å². The van der Waals surface area contributed by atoms with Crippen LogP contribution in [0, 0.1) is 0 Å². The highest BCUT2D eigenvalue weighted by atomic mass is 16.5. The second kappa shape index (κ2) is 6.72. The molecule has 1 aliphatic rings. The molecule has 0 saturated heterocycles. The van der Waals surface area contributed by atoms with Crippen LogP contribution in [0.2, 0.25) is 0 Å². The molecule has 2 heterocycles. The van der Waals surface area contributed by atoms with Crippen molar-refractivity contribution in [2.75, 3.05) is 11.9 Å². The van der Waals surface area contributed by atoms with Crippen molar-refractivity contribution < 1.29 is 19.1 Å². The molecule has 0 unspecified atom stereocenters. The maximum Gasteiger partial charge on any atom is 0.310 e. The standard InChI is InChI=1S/C21H18N2O4/c1-12-16-8-13(6-7-18(16)23-21(12)26)19(24)11-27-20(25)9-14-10-22-17-5-3-2-4-15(14)17/h2-8,10,12,22H,9,11H2,1H3,(H,23,26)/t12-/m0/s1. The van der Waals surface area contributed by atoms with Crippen LogP contribution in [-0.4, -0.2) is 29.3 Å². The number of nitrogens with one attached hydrogen (secondary N) is 2. The molecule has 2 aromatic carbocycles. The van der Waals surface area contributed by atoms with Gasteiger partial charge in [-0.15, -0.1) is 0 Å². The van der Waals surface area contributed by atoms with E-state index in [1.807, 2.05) is 24.3 Å². The summed E-state index contributed by atoms with van der Waals surface area (Å²) in [6, 6.07) is 12.7. The number of amides is 1. The van der Waals surface area contributed by atoms with Gasteiger partial charge in [0.15, 0.2) is 12.4 Å². The van der Waals surface area contributed by atoms with E-state index < -0.39 is 5.97 Å². The van der Waals surface area contributed by atoms with E-state index in [-0.39, 0.29) is 30.6 Å². The third-order valence-electron chi connectivity index (χ3n) is 4.87. The Balaban J connectivity index is 1.39. The minimum atomic E-state index is -0.459. The predicted octanol–water partition coefficient (Wildman–Crippen LogP) is 3.19. The number of fused-ring (bicyclic) bond motifs is 2. The fourth-order valence-electron chi connectivity index (χ4n) is 3.30. The van der Waals surface area contributed by atoms with Crippen LogP contribution in [0.25, 0.3) is 10.9 Å². The first-order valence-electron chi connectivity index (χ1n) is 8.71. The molecule has 136 valence electrons. The van der Waals surface area contributed by atoms with Crippen LogP contribution in [0.1, 0.15) is 34.3 Å². The Morgan fingerprint density at radius 3 is 2.81 bits per heavy atom. The highest BCUT2D eigenvalue weighted by Gasteiger charge is 2.27. The molecule has 1 amide bonds. The molecule has 0 aliphatic carbocycles. The maximum atomic E-state index is 12.4. The third kappa shape index (κ3) is 3.21. The molecule has 6 nitrogen and oxygen atoms in total. The molecule has 2 N–H and O–H groups in total. The van der Waals surface area contributed by atoms with Gasteiger partial charge < -0.3 is 15.0 Å².